The van der Waals surface area contributed by atoms with Crippen LogP contribution in [0.1, 0.15) is 59.7 Å². The van der Waals surface area contributed by atoms with Crippen LogP contribution in [-0.2, 0) is 21.5 Å². The summed E-state index contributed by atoms with van der Waals surface area (Å²) in [5, 5.41) is 12.0. The van der Waals surface area contributed by atoms with Gasteiger partial charge in [-0.05, 0) is 67.7 Å². The normalized spacial score (nSPS) is 26.4. The van der Waals surface area contributed by atoms with Crippen LogP contribution >= 0.6 is 0 Å². The van der Waals surface area contributed by atoms with Crippen molar-refractivity contribution in [2.45, 2.75) is 57.3 Å². The second-order valence-electron chi connectivity index (χ2n) is 11.7. The lowest BCUT2D eigenvalue weighted by Gasteiger charge is -2.35. The number of nitrogens with one attached hydrogen (secondary N) is 2. The highest BCUT2D eigenvalue weighted by molar-refractivity contribution is 6.10. The highest BCUT2D eigenvalue weighted by atomic mass is 16.5. The molecule has 39 heavy (non-hydrogen) atoms. The van der Waals surface area contributed by atoms with E-state index in [0.29, 0.717) is 0 Å². The number of aryl methyl sites for hydroxylation is 1. The number of carbonyl (C=O) groups excluding carboxylic acids is 1. The molecule has 2 N–H and O–H groups in total. The van der Waals surface area contributed by atoms with Crippen LogP contribution in [0.25, 0.3) is 23.1 Å². The van der Waals surface area contributed by atoms with Crippen molar-refractivity contribution in [3.8, 4) is 0 Å². The van der Waals surface area contributed by atoms with E-state index in [0.717, 1.165) is 59.5 Å². The molecule has 0 bridgehead atoms. The Kier molecular flexibility index (Phi) is 5.72. The Hall–Kier alpha value is -3.74. The first kappa shape index (κ1) is 24.3. The van der Waals surface area contributed by atoms with Crippen molar-refractivity contribution >= 4 is 34.6 Å². The number of ether oxygens (including phenoxy) is 1. The number of morpholine rings is 1. The van der Waals surface area contributed by atoms with E-state index >= 15 is 0 Å². The first-order valence-electron chi connectivity index (χ1n) is 13.9. The molecule has 1 aliphatic carbocycles. The number of hydrogen-bond acceptors (Lipinski definition) is 4. The SMILES string of the molecule is Cc1ccc2c(c1)[C@]1(C[C@H]1c1ccc3c(C=Cc4ccc(CN5C[C@@H](C)O[C@@H](C)C5)cc4)n[nH]c3c1)C(=O)N2. The lowest BCUT2D eigenvalue weighted by molar-refractivity contribution is -0.118. The van der Waals surface area contributed by atoms with E-state index in [1.807, 2.05) is 6.07 Å². The molecule has 3 aromatic carbocycles. The minimum Gasteiger partial charge on any atom is -0.373 e. The molecule has 7 rings (SSSR count). The Labute approximate surface area is 229 Å². The predicted molar refractivity (Wildman–Crippen MR) is 156 cm³/mol. The number of hydrogen-bond donors (Lipinski definition) is 2. The lowest BCUT2D eigenvalue weighted by Crippen LogP contribution is -2.44. The summed E-state index contributed by atoms with van der Waals surface area (Å²) >= 11 is 0. The number of anilines is 1. The van der Waals surface area contributed by atoms with Crippen molar-refractivity contribution in [2.75, 3.05) is 18.4 Å². The maximum Gasteiger partial charge on any atom is 0.235 e. The molecule has 1 aromatic heterocycles. The number of fused-ring (bicyclic) bond motifs is 3. The molecule has 1 amide bonds. The van der Waals surface area contributed by atoms with Gasteiger partial charge in [-0.1, -0.05) is 60.2 Å². The van der Waals surface area contributed by atoms with Crippen LogP contribution in [-0.4, -0.2) is 46.3 Å². The summed E-state index contributed by atoms with van der Waals surface area (Å²) in [5.41, 5.74) is 8.44. The Bertz CT molecular complexity index is 1590. The fourth-order valence-corrected chi connectivity index (χ4v) is 6.69. The van der Waals surface area contributed by atoms with Gasteiger partial charge in [-0.15, -0.1) is 0 Å². The summed E-state index contributed by atoms with van der Waals surface area (Å²) in [6.45, 7) is 9.27. The van der Waals surface area contributed by atoms with E-state index < -0.39 is 5.41 Å². The third-order valence-electron chi connectivity index (χ3n) is 8.60. The van der Waals surface area contributed by atoms with Crippen LogP contribution in [0.2, 0.25) is 0 Å². The van der Waals surface area contributed by atoms with E-state index in [1.165, 1.54) is 16.7 Å². The third-order valence-corrected chi connectivity index (χ3v) is 8.60. The molecule has 1 spiro atoms. The largest absolute Gasteiger partial charge is 0.373 e. The first-order chi connectivity index (χ1) is 18.9. The number of aromatic nitrogens is 2. The quantitative estimate of drug-likeness (QED) is 0.339. The Balaban J connectivity index is 1.06. The van der Waals surface area contributed by atoms with Gasteiger partial charge < -0.3 is 10.1 Å². The number of carbonyl (C=O) groups is 1. The fraction of sp³-hybridized carbons (Fsp3) is 0.333. The molecular weight excluding hydrogens is 484 g/mol. The van der Waals surface area contributed by atoms with Crippen LogP contribution in [0.3, 0.4) is 0 Å². The molecule has 6 heteroatoms. The molecule has 1 saturated carbocycles. The summed E-state index contributed by atoms with van der Waals surface area (Å²) in [7, 11) is 0. The number of H-pyrrole nitrogens is 1. The number of aromatic amines is 1. The minimum atomic E-state index is -0.428. The lowest BCUT2D eigenvalue weighted by atomic mass is 9.91. The zero-order chi connectivity index (χ0) is 26.7. The molecule has 4 aromatic rings. The van der Waals surface area contributed by atoms with Gasteiger partial charge in [-0.3, -0.25) is 14.8 Å². The van der Waals surface area contributed by atoms with Gasteiger partial charge >= 0.3 is 0 Å². The molecule has 6 nitrogen and oxygen atoms in total. The van der Waals surface area contributed by atoms with Crippen molar-refractivity contribution in [3.05, 3.63) is 94.2 Å². The average molecular weight is 519 g/mol. The summed E-state index contributed by atoms with van der Waals surface area (Å²) in [5.74, 6) is 0.316. The average Bonchev–Trinajstić information content (AvgIpc) is 3.45. The van der Waals surface area contributed by atoms with Crippen molar-refractivity contribution in [3.63, 3.8) is 0 Å². The highest BCUT2D eigenvalue weighted by Crippen LogP contribution is 2.65. The second kappa shape index (κ2) is 9.18. The van der Waals surface area contributed by atoms with Crippen molar-refractivity contribution in [2.24, 2.45) is 0 Å². The van der Waals surface area contributed by atoms with E-state index in [-0.39, 0.29) is 24.0 Å². The van der Waals surface area contributed by atoms with Crippen molar-refractivity contribution in [1.29, 1.82) is 0 Å². The highest BCUT2D eigenvalue weighted by Gasteiger charge is 2.65. The predicted octanol–water partition coefficient (Wildman–Crippen LogP) is 6.03. The topological polar surface area (TPSA) is 70.2 Å². The van der Waals surface area contributed by atoms with Crippen LogP contribution in [0.15, 0.2) is 60.7 Å². The Morgan fingerprint density at radius 2 is 1.82 bits per heavy atom. The number of amides is 1. The van der Waals surface area contributed by atoms with Gasteiger partial charge in [0.2, 0.25) is 5.91 Å². The van der Waals surface area contributed by atoms with E-state index in [4.69, 9.17) is 4.74 Å². The molecule has 1 saturated heterocycles. The first-order valence-corrected chi connectivity index (χ1v) is 13.9. The Morgan fingerprint density at radius 1 is 1.03 bits per heavy atom. The molecule has 3 heterocycles. The Morgan fingerprint density at radius 3 is 2.62 bits per heavy atom. The fourth-order valence-electron chi connectivity index (χ4n) is 6.69. The number of nitrogens with zero attached hydrogens (tertiary/aromatic N) is 2. The summed E-state index contributed by atoms with van der Waals surface area (Å²) in [6, 6.07) is 21.5. The summed E-state index contributed by atoms with van der Waals surface area (Å²) < 4.78 is 5.86. The van der Waals surface area contributed by atoms with Gasteiger partial charge in [0.1, 0.15) is 0 Å². The van der Waals surface area contributed by atoms with Crippen LogP contribution in [0.4, 0.5) is 5.69 Å². The minimum absolute atomic E-state index is 0.126. The molecule has 2 aliphatic heterocycles. The van der Waals surface area contributed by atoms with Crippen molar-refractivity contribution < 1.29 is 9.53 Å². The smallest absolute Gasteiger partial charge is 0.235 e. The third kappa shape index (κ3) is 4.28. The van der Waals surface area contributed by atoms with Gasteiger partial charge in [0.05, 0.1) is 28.8 Å². The summed E-state index contributed by atoms with van der Waals surface area (Å²) in [6.07, 6.45) is 5.60. The molecular formula is C33H34N4O2. The van der Waals surface area contributed by atoms with Crippen LogP contribution in [0.5, 0.6) is 0 Å². The van der Waals surface area contributed by atoms with Crippen LogP contribution in [0, 0.1) is 6.92 Å². The van der Waals surface area contributed by atoms with Crippen molar-refractivity contribution in [1.82, 2.24) is 15.1 Å². The number of benzene rings is 3. The van der Waals surface area contributed by atoms with Gasteiger partial charge in [0.25, 0.3) is 0 Å². The second-order valence-corrected chi connectivity index (χ2v) is 11.7. The molecule has 198 valence electrons. The standard InChI is InChI=1S/C33H34N4O2/c1-20-4-12-30-27(14-20)33(32(38)34-30)16-28(33)25-10-11-26-29(35-36-31(26)15-25)13-9-23-5-7-24(8-6-23)19-37-17-21(2)39-22(3)18-37/h4-15,21-22,28H,16-19H2,1-3H3,(H,34,38)(H,35,36)/t21-,22+,28-,33-/m0/s1. The zero-order valence-corrected chi connectivity index (χ0v) is 22.7. The number of rotatable bonds is 5. The van der Waals surface area contributed by atoms with E-state index in [9.17, 15) is 4.79 Å². The molecule has 0 radical (unpaired) electrons. The maximum atomic E-state index is 13.0. The monoisotopic (exact) mass is 518 g/mol. The maximum absolute atomic E-state index is 13.0. The van der Waals surface area contributed by atoms with Gasteiger partial charge in [-0.25, -0.2) is 0 Å². The summed E-state index contributed by atoms with van der Waals surface area (Å²) in [4.78, 5) is 15.5. The zero-order valence-electron chi connectivity index (χ0n) is 22.7. The molecule has 0 unspecified atom stereocenters. The molecule has 3 aliphatic rings. The van der Waals surface area contributed by atoms with Gasteiger partial charge in [0.15, 0.2) is 0 Å². The molecule has 2 fully saturated rings. The van der Waals surface area contributed by atoms with Gasteiger partial charge in [0, 0.05) is 36.6 Å². The molecule has 4 atom stereocenters. The van der Waals surface area contributed by atoms with E-state index in [2.05, 4.69) is 108 Å². The van der Waals surface area contributed by atoms with E-state index in [1.54, 1.807) is 0 Å². The van der Waals surface area contributed by atoms with Gasteiger partial charge in [-0.2, -0.15) is 5.10 Å². The van der Waals surface area contributed by atoms with Crippen LogP contribution < -0.4 is 5.32 Å².